The summed E-state index contributed by atoms with van der Waals surface area (Å²) in [5.74, 6) is 0.934. The van der Waals surface area contributed by atoms with Gasteiger partial charge in [-0.2, -0.15) is 0 Å². The number of rotatable bonds is 6. The zero-order chi connectivity index (χ0) is 38.9. The van der Waals surface area contributed by atoms with Gasteiger partial charge in [0.2, 0.25) is 0 Å². The van der Waals surface area contributed by atoms with Crippen LogP contribution in [0.15, 0.2) is 224 Å². The van der Waals surface area contributed by atoms with Gasteiger partial charge in [-0.25, -0.2) is 4.98 Å². The number of nitrogens with zero attached hydrogens (tertiary/aromatic N) is 3. The van der Waals surface area contributed by atoms with Crippen LogP contribution < -0.4 is 0 Å². The molecule has 2 aromatic heterocycles. The number of imidazole rings is 1. The van der Waals surface area contributed by atoms with E-state index in [1.54, 1.807) is 0 Å². The Hall–Kier alpha value is -7.75. The zero-order valence-corrected chi connectivity index (χ0v) is 32.2. The summed E-state index contributed by atoms with van der Waals surface area (Å²) >= 11 is 0. The third-order valence-electron chi connectivity index (χ3n) is 12.4. The van der Waals surface area contributed by atoms with Crippen molar-refractivity contribution in [3.05, 3.63) is 247 Å². The molecular formula is C56H37N3. The Kier molecular flexibility index (Phi) is 7.45. The number of benzene rings is 9. The van der Waals surface area contributed by atoms with Crippen molar-refractivity contribution >= 4 is 32.8 Å². The van der Waals surface area contributed by atoms with Crippen LogP contribution in [-0.4, -0.2) is 14.1 Å². The second kappa shape index (κ2) is 13.2. The predicted octanol–water partition coefficient (Wildman–Crippen LogP) is 13.8. The molecule has 11 aromatic rings. The fraction of sp³-hybridized carbons (Fsp3) is 0.0179. The average molecular weight is 752 g/mol. The van der Waals surface area contributed by atoms with Gasteiger partial charge in [0.05, 0.1) is 27.5 Å². The summed E-state index contributed by atoms with van der Waals surface area (Å²) in [6.45, 7) is 0. The van der Waals surface area contributed by atoms with Gasteiger partial charge in [0.1, 0.15) is 5.82 Å². The van der Waals surface area contributed by atoms with Gasteiger partial charge in [-0.1, -0.05) is 176 Å². The molecular weight excluding hydrogens is 715 g/mol. The van der Waals surface area contributed by atoms with Crippen LogP contribution in [0, 0.1) is 0 Å². The van der Waals surface area contributed by atoms with E-state index in [0.717, 1.165) is 39.4 Å². The lowest BCUT2D eigenvalue weighted by molar-refractivity contribution is 0.776. The highest BCUT2D eigenvalue weighted by Gasteiger charge is 2.47. The molecule has 0 bridgehead atoms. The summed E-state index contributed by atoms with van der Waals surface area (Å²) in [7, 11) is 0. The Morgan fingerprint density at radius 2 is 0.898 bits per heavy atom. The van der Waals surface area contributed by atoms with Crippen molar-refractivity contribution in [2.45, 2.75) is 5.41 Å². The van der Waals surface area contributed by atoms with E-state index < -0.39 is 5.41 Å². The topological polar surface area (TPSA) is 22.8 Å². The summed E-state index contributed by atoms with van der Waals surface area (Å²) < 4.78 is 4.71. The number of aromatic nitrogens is 3. The molecule has 0 unspecified atom stereocenters. The molecule has 0 N–H and O–H groups in total. The second-order valence-corrected chi connectivity index (χ2v) is 15.5. The summed E-state index contributed by atoms with van der Waals surface area (Å²) in [5, 5.41) is 2.55. The molecule has 2 heterocycles. The largest absolute Gasteiger partial charge is 0.309 e. The third-order valence-corrected chi connectivity index (χ3v) is 12.4. The number of hydrogen-bond acceptors (Lipinski definition) is 1. The normalized spacial score (nSPS) is 12.9. The van der Waals surface area contributed by atoms with Gasteiger partial charge in [-0.15, -0.1) is 0 Å². The molecule has 59 heavy (non-hydrogen) atoms. The molecule has 3 heteroatoms. The average Bonchev–Trinajstić information content (AvgIpc) is 3.97. The van der Waals surface area contributed by atoms with Crippen LogP contribution in [0.1, 0.15) is 22.3 Å². The minimum absolute atomic E-state index is 0.496. The van der Waals surface area contributed by atoms with Gasteiger partial charge in [0.15, 0.2) is 0 Å². The lowest BCUT2D eigenvalue weighted by atomic mass is 9.67. The molecule has 0 atom stereocenters. The van der Waals surface area contributed by atoms with E-state index in [0.29, 0.717) is 0 Å². The van der Waals surface area contributed by atoms with Crippen LogP contribution in [-0.2, 0) is 5.41 Å². The third kappa shape index (κ3) is 4.92. The first kappa shape index (κ1) is 33.4. The van der Waals surface area contributed by atoms with Crippen LogP contribution in [0.5, 0.6) is 0 Å². The van der Waals surface area contributed by atoms with E-state index in [1.807, 2.05) is 0 Å². The molecule has 276 valence electrons. The van der Waals surface area contributed by atoms with Gasteiger partial charge in [0, 0.05) is 27.7 Å². The first-order valence-corrected chi connectivity index (χ1v) is 20.3. The SMILES string of the molecule is c1ccc(-n2c(-c3ccc(-c4ccc(-n5c6ccccc6c6c7c(ccc65)-c5ccccc5C7(c5ccccc5)c5ccccc5)cc4)cc3)nc3ccccc32)cc1. The molecule has 0 saturated heterocycles. The fourth-order valence-electron chi connectivity index (χ4n) is 9.95. The minimum atomic E-state index is -0.496. The molecule has 0 amide bonds. The zero-order valence-electron chi connectivity index (χ0n) is 32.2. The van der Waals surface area contributed by atoms with E-state index in [2.05, 4.69) is 234 Å². The monoisotopic (exact) mass is 751 g/mol. The van der Waals surface area contributed by atoms with E-state index in [4.69, 9.17) is 4.98 Å². The predicted molar refractivity (Wildman–Crippen MR) is 244 cm³/mol. The van der Waals surface area contributed by atoms with Gasteiger partial charge in [-0.3, -0.25) is 4.57 Å². The Labute approximate surface area is 342 Å². The smallest absolute Gasteiger partial charge is 0.145 e. The maximum atomic E-state index is 5.09. The highest BCUT2D eigenvalue weighted by Crippen LogP contribution is 2.59. The van der Waals surface area contributed by atoms with Crippen molar-refractivity contribution in [2.24, 2.45) is 0 Å². The molecule has 1 aliphatic rings. The molecule has 0 fully saturated rings. The van der Waals surface area contributed by atoms with Crippen molar-refractivity contribution in [1.82, 2.24) is 14.1 Å². The van der Waals surface area contributed by atoms with Crippen LogP contribution in [0.3, 0.4) is 0 Å². The highest BCUT2D eigenvalue weighted by molar-refractivity contribution is 6.15. The summed E-state index contributed by atoms with van der Waals surface area (Å²) in [6.07, 6.45) is 0. The van der Waals surface area contributed by atoms with Crippen LogP contribution in [0.4, 0.5) is 0 Å². The van der Waals surface area contributed by atoms with Crippen molar-refractivity contribution in [1.29, 1.82) is 0 Å². The van der Waals surface area contributed by atoms with Gasteiger partial charge in [-0.05, 0) is 93.0 Å². The molecule has 0 spiro atoms. The highest BCUT2D eigenvalue weighted by atomic mass is 15.1. The Morgan fingerprint density at radius 3 is 1.61 bits per heavy atom. The van der Waals surface area contributed by atoms with E-state index in [1.165, 1.54) is 60.8 Å². The number of fused-ring (bicyclic) bond motifs is 8. The quantitative estimate of drug-likeness (QED) is 0.166. The van der Waals surface area contributed by atoms with Crippen LogP contribution in [0.25, 0.3) is 77.9 Å². The Morgan fingerprint density at radius 1 is 0.356 bits per heavy atom. The molecule has 0 saturated carbocycles. The van der Waals surface area contributed by atoms with Crippen LogP contribution in [0.2, 0.25) is 0 Å². The minimum Gasteiger partial charge on any atom is -0.309 e. The number of para-hydroxylation sites is 4. The Bertz CT molecular complexity index is 3300. The van der Waals surface area contributed by atoms with Gasteiger partial charge < -0.3 is 4.57 Å². The van der Waals surface area contributed by atoms with Crippen molar-refractivity contribution in [3.8, 4) is 45.0 Å². The first-order valence-electron chi connectivity index (χ1n) is 20.3. The standard InChI is InChI=1S/C56H37N3/c1-4-16-41(17-5-1)56(42-18-6-2-7-19-42)48-24-12-10-22-45(48)46-36-37-52-53(54(46)56)47-23-11-14-26-50(47)58(52)44-34-32-39(33-35-44)38-28-30-40(31-29-38)55-57-49-25-13-15-27-51(49)59(55)43-20-8-3-9-21-43/h1-37H. The molecule has 1 aliphatic carbocycles. The van der Waals surface area contributed by atoms with Crippen LogP contribution >= 0.6 is 0 Å². The second-order valence-electron chi connectivity index (χ2n) is 15.5. The Balaban J connectivity index is 1.00. The molecule has 0 aliphatic heterocycles. The lowest BCUT2D eigenvalue weighted by Gasteiger charge is -2.34. The summed E-state index contributed by atoms with van der Waals surface area (Å²) in [5.41, 5.74) is 17.4. The maximum absolute atomic E-state index is 5.09. The van der Waals surface area contributed by atoms with E-state index in [-0.39, 0.29) is 0 Å². The molecule has 3 nitrogen and oxygen atoms in total. The van der Waals surface area contributed by atoms with Gasteiger partial charge in [0.25, 0.3) is 0 Å². The summed E-state index contributed by atoms with van der Waals surface area (Å²) in [6, 6.07) is 81.6. The van der Waals surface area contributed by atoms with Crippen molar-refractivity contribution < 1.29 is 0 Å². The molecule has 9 aromatic carbocycles. The van der Waals surface area contributed by atoms with Gasteiger partial charge >= 0.3 is 0 Å². The van der Waals surface area contributed by atoms with Crippen molar-refractivity contribution in [2.75, 3.05) is 0 Å². The number of hydrogen-bond donors (Lipinski definition) is 0. The molecule has 12 rings (SSSR count). The van der Waals surface area contributed by atoms with E-state index in [9.17, 15) is 0 Å². The lowest BCUT2D eigenvalue weighted by Crippen LogP contribution is -2.28. The van der Waals surface area contributed by atoms with E-state index >= 15 is 0 Å². The first-order chi connectivity index (χ1) is 29.3. The maximum Gasteiger partial charge on any atom is 0.145 e. The molecule has 0 radical (unpaired) electrons. The summed E-state index contributed by atoms with van der Waals surface area (Å²) in [4.78, 5) is 5.09. The fourth-order valence-corrected chi connectivity index (χ4v) is 9.95. The van der Waals surface area contributed by atoms with Crippen molar-refractivity contribution in [3.63, 3.8) is 0 Å².